The third-order valence-electron chi connectivity index (χ3n) is 5.06. The van der Waals surface area contributed by atoms with Gasteiger partial charge in [-0.25, -0.2) is 4.99 Å². The normalized spacial score (nSPS) is 13.3. The molecular formula is C24H22Cl2N2O2S. The van der Waals surface area contributed by atoms with E-state index in [9.17, 15) is 4.79 Å². The second-order valence-corrected chi connectivity index (χ2v) is 9.14. The zero-order valence-electron chi connectivity index (χ0n) is 17.1. The number of fused-ring (bicyclic) bond motifs is 1. The van der Waals surface area contributed by atoms with E-state index in [1.165, 1.54) is 4.88 Å². The number of carbonyl (C=O) groups is 1. The summed E-state index contributed by atoms with van der Waals surface area (Å²) < 4.78 is 5.69. The van der Waals surface area contributed by atoms with Gasteiger partial charge < -0.3 is 10.1 Å². The monoisotopic (exact) mass is 472 g/mol. The van der Waals surface area contributed by atoms with Crippen molar-refractivity contribution in [3.8, 4) is 5.75 Å². The van der Waals surface area contributed by atoms with Crippen LogP contribution in [0.1, 0.15) is 46.1 Å². The van der Waals surface area contributed by atoms with Crippen molar-refractivity contribution in [1.29, 1.82) is 0 Å². The van der Waals surface area contributed by atoms with E-state index in [0.717, 1.165) is 36.9 Å². The van der Waals surface area contributed by atoms with Crippen molar-refractivity contribution in [3.63, 3.8) is 0 Å². The quantitative estimate of drug-likeness (QED) is 0.381. The molecule has 0 fully saturated rings. The number of aliphatic imine (C=N–C) groups is 1. The van der Waals surface area contributed by atoms with E-state index in [4.69, 9.17) is 32.9 Å². The van der Waals surface area contributed by atoms with Crippen molar-refractivity contribution in [2.45, 2.75) is 32.6 Å². The summed E-state index contributed by atoms with van der Waals surface area (Å²) in [6.45, 7) is 2.37. The molecule has 31 heavy (non-hydrogen) atoms. The number of para-hydroxylation sites is 1. The molecule has 0 atom stereocenters. The number of nitrogens with one attached hydrogen (secondary N) is 1. The molecule has 1 aliphatic carbocycles. The molecule has 1 heterocycles. The molecule has 2 aromatic carbocycles. The van der Waals surface area contributed by atoms with Gasteiger partial charge in [0.2, 0.25) is 0 Å². The summed E-state index contributed by atoms with van der Waals surface area (Å²) in [7, 11) is 0. The van der Waals surface area contributed by atoms with Gasteiger partial charge in [-0.3, -0.25) is 4.79 Å². The van der Waals surface area contributed by atoms with Gasteiger partial charge in [-0.2, -0.15) is 0 Å². The Morgan fingerprint density at radius 3 is 2.74 bits per heavy atom. The van der Waals surface area contributed by atoms with E-state index in [0.29, 0.717) is 38.5 Å². The number of benzene rings is 2. The Morgan fingerprint density at radius 2 is 1.97 bits per heavy atom. The number of nitrogens with zero attached hydrogens (tertiary/aromatic N) is 1. The second kappa shape index (κ2) is 9.86. The highest BCUT2D eigenvalue weighted by Gasteiger charge is 2.25. The first-order valence-corrected chi connectivity index (χ1v) is 11.8. The summed E-state index contributed by atoms with van der Waals surface area (Å²) in [5.74, 6) is 0.404. The molecule has 4 rings (SSSR count). The molecule has 0 saturated carbocycles. The van der Waals surface area contributed by atoms with Crippen molar-refractivity contribution in [3.05, 3.63) is 74.1 Å². The predicted octanol–water partition coefficient (Wildman–Crippen LogP) is 7.34. The minimum Gasteiger partial charge on any atom is -0.492 e. The number of hydrogen-bond donors (Lipinski definition) is 1. The lowest BCUT2D eigenvalue weighted by molar-refractivity contribution is 0.102. The lowest BCUT2D eigenvalue weighted by Gasteiger charge is -2.13. The van der Waals surface area contributed by atoms with Gasteiger partial charge in [0, 0.05) is 27.4 Å². The lowest BCUT2D eigenvalue weighted by atomic mass is 9.95. The van der Waals surface area contributed by atoms with E-state index in [1.54, 1.807) is 29.7 Å². The number of halogens is 2. The highest BCUT2D eigenvalue weighted by Crippen LogP contribution is 2.40. The number of amides is 1. The van der Waals surface area contributed by atoms with Gasteiger partial charge in [-0.05, 0) is 62.4 Å². The molecule has 1 amide bonds. The molecule has 0 bridgehead atoms. The molecule has 0 spiro atoms. The Morgan fingerprint density at radius 1 is 1.19 bits per heavy atom. The fraction of sp³-hybridized carbons (Fsp3) is 0.250. The number of aryl methyl sites for hydroxylation is 1. The molecule has 7 heteroatoms. The number of rotatable bonds is 6. The van der Waals surface area contributed by atoms with Crippen LogP contribution >= 0.6 is 34.5 Å². The van der Waals surface area contributed by atoms with Gasteiger partial charge in [0.15, 0.2) is 0 Å². The van der Waals surface area contributed by atoms with E-state index >= 15 is 0 Å². The van der Waals surface area contributed by atoms with Crippen LogP contribution in [0.15, 0.2) is 47.5 Å². The number of ether oxygens (including phenoxy) is 1. The zero-order chi connectivity index (χ0) is 21.8. The standard InChI is InChI=1S/C24H22Cl2N2O2S/c1-2-30-22-15(12-16(25)13-19(22)26)14-27-24-21(18-10-6-7-11-20(18)31-24)23(29)28-17-8-4-3-5-9-17/h3-5,8-9,12-14H,2,6-7,10-11H2,1H3,(H,28,29). The number of hydrogen-bond acceptors (Lipinski definition) is 4. The van der Waals surface area contributed by atoms with Crippen molar-refractivity contribution < 1.29 is 9.53 Å². The zero-order valence-corrected chi connectivity index (χ0v) is 19.4. The highest BCUT2D eigenvalue weighted by molar-refractivity contribution is 7.16. The molecule has 1 N–H and O–H groups in total. The van der Waals surface area contributed by atoms with Crippen LogP contribution in [0.5, 0.6) is 5.75 Å². The van der Waals surface area contributed by atoms with E-state index < -0.39 is 0 Å². The van der Waals surface area contributed by atoms with Crippen LogP contribution in [0, 0.1) is 0 Å². The topological polar surface area (TPSA) is 50.7 Å². The Bertz CT molecular complexity index is 1130. The highest BCUT2D eigenvalue weighted by atomic mass is 35.5. The Hall–Kier alpha value is -2.34. The molecule has 0 radical (unpaired) electrons. The Kier molecular flexibility index (Phi) is 6.96. The first kappa shape index (κ1) is 21.9. The maximum Gasteiger partial charge on any atom is 0.259 e. The second-order valence-electron chi connectivity index (χ2n) is 7.21. The third kappa shape index (κ3) is 4.95. The number of anilines is 1. The van der Waals surface area contributed by atoms with Gasteiger partial charge in [0.1, 0.15) is 10.8 Å². The van der Waals surface area contributed by atoms with E-state index in [2.05, 4.69) is 5.32 Å². The maximum atomic E-state index is 13.2. The van der Waals surface area contributed by atoms with Gasteiger partial charge in [-0.1, -0.05) is 41.4 Å². The molecule has 3 aromatic rings. The summed E-state index contributed by atoms with van der Waals surface area (Å²) >= 11 is 14.1. The smallest absolute Gasteiger partial charge is 0.259 e. The molecule has 1 aromatic heterocycles. The molecule has 0 saturated heterocycles. The van der Waals surface area contributed by atoms with Crippen LogP contribution < -0.4 is 10.1 Å². The number of thiophene rings is 1. The minimum atomic E-state index is -0.132. The average Bonchev–Trinajstić information content (AvgIpc) is 3.13. The van der Waals surface area contributed by atoms with Gasteiger partial charge in [0.25, 0.3) is 5.91 Å². The summed E-state index contributed by atoms with van der Waals surface area (Å²) in [5, 5.41) is 4.64. The molecule has 1 aliphatic rings. The fourth-order valence-electron chi connectivity index (χ4n) is 3.69. The molecule has 4 nitrogen and oxygen atoms in total. The van der Waals surface area contributed by atoms with Gasteiger partial charge in [-0.15, -0.1) is 11.3 Å². The molecule has 160 valence electrons. The van der Waals surface area contributed by atoms with Crippen LogP contribution in [0.3, 0.4) is 0 Å². The summed E-state index contributed by atoms with van der Waals surface area (Å²) in [6.07, 6.45) is 5.77. The molecular weight excluding hydrogens is 451 g/mol. The summed E-state index contributed by atoms with van der Waals surface area (Å²) in [5.41, 5.74) is 3.22. The first-order chi connectivity index (χ1) is 15.1. The minimum absolute atomic E-state index is 0.132. The van der Waals surface area contributed by atoms with Crippen LogP contribution in [0.4, 0.5) is 10.7 Å². The first-order valence-electron chi connectivity index (χ1n) is 10.2. The average molecular weight is 473 g/mol. The van der Waals surface area contributed by atoms with Crippen molar-refractivity contribution in [2.75, 3.05) is 11.9 Å². The van der Waals surface area contributed by atoms with Crippen LogP contribution in [0.2, 0.25) is 10.0 Å². The van der Waals surface area contributed by atoms with E-state index in [1.807, 2.05) is 37.3 Å². The maximum absolute atomic E-state index is 13.2. The Labute approximate surface area is 195 Å². The van der Waals surface area contributed by atoms with Crippen LogP contribution in [0.25, 0.3) is 0 Å². The molecule has 0 aliphatic heterocycles. The van der Waals surface area contributed by atoms with Crippen molar-refractivity contribution in [2.24, 2.45) is 4.99 Å². The number of carbonyl (C=O) groups excluding carboxylic acids is 1. The van der Waals surface area contributed by atoms with Gasteiger partial charge in [0.05, 0.1) is 17.2 Å². The Balaban J connectivity index is 1.72. The SMILES string of the molecule is CCOc1c(Cl)cc(Cl)cc1C=Nc1sc2c(c1C(=O)Nc1ccccc1)CCCC2. The summed E-state index contributed by atoms with van der Waals surface area (Å²) in [4.78, 5) is 19.2. The van der Waals surface area contributed by atoms with Crippen LogP contribution in [-0.4, -0.2) is 18.7 Å². The fourth-order valence-corrected chi connectivity index (χ4v) is 5.49. The lowest BCUT2D eigenvalue weighted by Crippen LogP contribution is -2.14. The van der Waals surface area contributed by atoms with Crippen LogP contribution in [-0.2, 0) is 12.8 Å². The largest absolute Gasteiger partial charge is 0.492 e. The molecule has 0 unspecified atom stereocenters. The van der Waals surface area contributed by atoms with Crippen molar-refractivity contribution in [1.82, 2.24) is 0 Å². The predicted molar refractivity (Wildman–Crippen MR) is 130 cm³/mol. The summed E-state index contributed by atoms with van der Waals surface area (Å²) in [6, 6.07) is 12.9. The van der Waals surface area contributed by atoms with E-state index in [-0.39, 0.29) is 5.91 Å². The van der Waals surface area contributed by atoms with Gasteiger partial charge >= 0.3 is 0 Å². The third-order valence-corrected chi connectivity index (χ3v) is 6.76. The van der Waals surface area contributed by atoms with Crippen molar-refractivity contribution >= 4 is 57.3 Å².